The molecule has 2 atom stereocenters. The van der Waals surface area contributed by atoms with E-state index in [0.29, 0.717) is 13.0 Å². The molecule has 4 nitrogen and oxygen atoms in total. The minimum atomic E-state index is -1.08. The first-order valence-corrected chi connectivity index (χ1v) is 7.30. The van der Waals surface area contributed by atoms with Crippen LogP contribution in [-0.2, 0) is 14.3 Å². The molecule has 2 rings (SSSR count). The summed E-state index contributed by atoms with van der Waals surface area (Å²) in [5, 5.41) is 9.29. The van der Waals surface area contributed by atoms with Gasteiger partial charge in [-0.3, -0.25) is 4.79 Å². The van der Waals surface area contributed by atoms with Crippen molar-refractivity contribution >= 4 is 5.97 Å². The van der Waals surface area contributed by atoms with E-state index in [0.717, 1.165) is 25.7 Å². The van der Waals surface area contributed by atoms with Crippen molar-refractivity contribution in [3.8, 4) is 6.07 Å². The Bertz CT molecular complexity index is 381. The molecule has 1 saturated carbocycles. The quantitative estimate of drug-likeness (QED) is 0.733. The van der Waals surface area contributed by atoms with Gasteiger partial charge in [0.15, 0.2) is 5.41 Å². The molecule has 0 bridgehead atoms. The topological polar surface area (TPSA) is 59.3 Å². The molecule has 2 aliphatic rings. The van der Waals surface area contributed by atoms with Gasteiger partial charge in [-0.15, -0.1) is 0 Å². The van der Waals surface area contributed by atoms with E-state index in [4.69, 9.17) is 9.47 Å². The summed E-state index contributed by atoms with van der Waals surface area (Å²) in [6.45, 7) is 3.73. The van der Waals surface area contributed by atoms with Crippen molar-refractivity contribution < 1.29 is 14.3 Å². The molecule has 0 amide bonds. The number of rotatable bonds is 4. The van der Waals surface area contributed by atoms with Crippen molar-refractivity contribution in [2.45, 2.75) is 70.5 Å². The van der Waals surface area contributed by atoms with Gasteiger partial charge in [-0.1, -0.05) is 12.8 Å². The molecule has 1 aliphatic carbocycles. The van der Waals surface area contributed by atoms with E-state index < -0.39 is 11.4 Å². The zero-order valence-corrected chi connectivity index (χ0v) is 11.9. The lowest BCUT2D eigenvalue weighted by molar-refractivity contribution is -0.153. The third-order valence-corrected chi connectivity index (χ3v) is 4.46. The van der Waals surface area contributed by atoms with Gasteiger partial charge in [-0.25, -0.2) is 0 Å². The number of hydrogen-bond acceptors (Lipinski definition) is 4. The second kappa shape index (κ2) is 5.50. The molecule has 0 radical (unpaired) electrons. The van der Waals surface area contributed by atoms with E-state index in [9.17, 15) is 10.1 Å². The minimum absolute atomic E-state index is 0.0205. The Hall–Kier alpha value is -1.08. The fourth-order valence-corrected chi connectivity index (χ4v) is 3.35. The van der Waals surface area contributed by atoms with Gasteiger partial charge in [0.25, 0.3) is 0 Å². The molecule has 1 spiro atoms. The fraction of sp³-hybridized carbons (Fsp3) is 0.867. The lowest BCUT2D eigenvalue weighted by atomic mass is 9.85. The predicted molar refractivity (Wildman–Crippen MR) is 70.3 cm³/mol. The molecule has 0 aromatic rings. The van der Waals surface area contributed by atoms with Gasteiger partial charge in [-0.05, 0) is 39.5 Å². The van der Waals surface area contributed by atoms with Crippen molar-refractivity contribution in [2.24, 2.45) is 5.41 Å². The number of carbonyl (C=O) groups is 1. The monoisotopic (exact) mass is 265 g/mol. The average Bonchev–Trinajstić information content (AvgIpc) is 3.00. The fourth-order valence-electron chi connectivity index (χ4n) is 3.35. The third kappa shape index (κ3) is 2.92. The van der Waals surface area contributed by atoms with E-state index in [1.807, 2.05) is 0 Å². The van der Waals surface area contributed by atoms with Crippen LogP contribution in [-0.4, -0.2) is 24.3 Å². The summed E-state index contributed by atoms with van der Waals surface area (Å²) in [5.74, 6) is -0.423. The number of esters is 1. The SMILES string of the molecule is CCOC(=O)C(C)(C#N)CC1CCC2(CCCC2)O1. The van der Waals surface area contributed by atoms with E-state index in [2.05, 4.69) is 6.07 Å². The van der Waals surface area contributed by atoms with Crippen LogP contribution in [0.25, 0.3) is 0 Å². The van der Waals surface area contributed by atoms with Crippen molar-refractivity contribution in [3.05, 3.63) is 0 Å². The summed E-state index contributed by atoms with van der Waals surface area (Å²) in [4.78, 5) is 11.9. The molecule has 1 aliphatic heterocycles. The highest BCUT2D eigenvalue weighted by atomic mass is 16.5. The van der Waals surface area contributed by atoms with Crippen molar-refractivity contribution in [3.63, 3.8) is 0 Å². The Morgan fingerprint density at radius 1 is 1.47 bits per heavy atom. The Balaban J connectivity index is 1.96. The van der Waals surface area contributed by atoms with Crippen molar-refractivity contribution in [2.75, 3.05) is 6.61 Å². The van der Waals surface area contributed by atoms with E-state index in [1.54, 1.807) is 13.8 Å². The Morgan fingerprint density at radius 2 is 2.16 bits per heavy atom. The number of carbonyl (C=O) groups excluding carboxylic acids is 1. The normalized spacial score (nSPS) is 27.9. The first kappa shape index (κ1) is 14.3. The molecule has 0 aromatic heterocycles. The maximum atomic E-state index is 11.9. The largest absolute Gasteiger partial charge is 0.465 e. The molecule has 2 fully saturated rings. The van der Waals surface area contributed by atoms with Crippen molar-refractivity contribution in [1.29, 1.82) is 5.26 Å². The van der Waals surface area contributed by atoms with Crippen LogP contribution >= 0.6 is 0 Å². The van der Waals surface area contributed by atoms with Gasteiger partial charge in [0.2, 0.25) is 0 Å². The van der Waals surface area contributed by atoms with Crippen LogP contribution < -0.4 is 0 Å². The van der Waals surface area contributed by atoms with Crippen LogP contribution in [0.15, 0.2) is 0 Å². The van der Waals surface area contributed by atoms with Gasteiger partial charge < -0.3 is 9.47 Å². The molecule has 19 heavy (non-hydrogen) atoms. The molecule has 0 N–H and O–H groups in total. The highest BCUT2D eigenvalue weighted by molar-refractivity contribution is 5.79. The van der Waals surface area contributed by atoms with Crippen LogP contribution in [0.2, 0.25) is 0 Å². The second-order valence-corrected chi connectivity index (χ2v) is 6.04. The van der Waals surface area contributed by atoms with Crippen LogP contribution in [0.5, 0.6) is 0 Å². The minimum Gasteiger partial charge on any atom is -0.465 e. The van der Waals surface area contributed by atoms with E-state index in [-0.39, 0.29) is 11.7 Å². The summed E-state index contributed by atoms with van der Waals surface area (Å²) in [5.41, 5.74) is -1.03. The first-order chi connectivity index (χ1) is 9.03. The van der Waals surface area contributed by atoms with Gasteiger partial charge in [0.05, 0.1) is 24.4 Å². The predicted octanol–water partition coefficient (Wildman–Crippen LogP) is 2.96. The second-order valence-electron chi connectivity index (χ2n) is 6.04. The highest BCUT2D eigenvalue weighted by Crippen LogP contribution is 2.45. The molecule has 1 heterocycles. The standard InChI is InChI=1S/C15H23NO3/c1-3-18-13(17)14(2,11-16)10-12-6-9-15(19-12)7-4-5-8-15/h12H,3-10H2,1-2H3. The van der Waals surface area contributed by atoms with Crippen LogP contribution in [0.3, 0.4) is 0 Å². The molecule has 106 valence electrons. The lowest BCUT2D eigenvalue weighted by Crippen LogP contribution is -2.34. The third-order valence-electron chi connectivity index (χ3n) is 4.46. The van der Waals surface area contributed by atoms with Crippen LogP contribution in [0.4, 0.5) is 0 Å². The maximum absolute atomic E-state index is 11.9. The summed E-state index contributed by atoms with van der Waals surface area (Å²) in [7, 11) is 0. The van der Waals surface area contributed by atoms with Crippen LogP contribution in [0, 0.1) is 16.7 Å². The lowest BCUT2D eigenvalue weighted by Gasteiger charge is -2.27. The van der Waals surface area contributed by atoms with Gasteiger partial charge in [0, 0.05) is 6.42 Å². The van der Waals surface area contributed by atoms with E-state index in [1.165, 1.54) is 12.8 Å². The summed E-state index contributed by atoms with van der Waals surface area (Å²) in [6.07, 6.45) is 7.23. The Labute approximate surface area is 115 Å². The average molecular weight is 265 g/mol. The molecule has 4 heteroatoms. The Morgan fingerprint density at radius 3 is 2.74 bits per heavy atom. The number of ether oxygens (including phenoxy) is 2. The summed E-state index contributed by atoms with van der Waals surface area (Å²) >= 11 is 0. The maximum Gasteiger partial charge on any atom is 0.326 e. The first-order valence-electron chi connectivity index (χ1n) is 7.30. The Kier molecular flexibility index (Phi) is 4.15. The highest BCUT2D eigenvalue weighted by Gasteiger charge is 2.46. The van der Waals surface area contributed by atoms with Gasteiger partial charge in [0.1, 0.15) is 0 Å². The number of nitriles is 1. The summed E-state index contributed by atoms with van der Waals surface area (Å²) in [6, 6.07) is 2.11. The molecule has 1 saturated heterocycles. The molecule has 0 aromatic carbocycles. The molecule has 2 unspecified atom stereocenters. The zero-order valence-electron chi connectivity index (χ0n) is 11.9. The summed E-state index contributed by atoms with van der Waals surface area (Å²) < 4.78 is 11.2. The molecular formula is C15H23NO3. The van der Waals surface area contributed by atoms with E-state index >= 15 is 0 Å². The number of nitrogens with zero attached hydrogens (tertiary/aromatic N) is 1. The number of hydrogen-bond donors (Lipinski definition) is 0. The van der Waals surface area contributed by atoms with Gasteiger partial charge >= 0.3 is 5.97 Å². The smallest absolute Gasteiger partial charge is 0.326 e. The van der Waals surface area contributed by atoms with Crippen molar-refractivity contribution in [1.82, 2.24) is 0 Å². The van der Waals surface area contributed by atoms with Crippen LogP contribution in [0.1, 0.15) is 58.8 Å². The van der Waals surface area contributed by atoms with Gasteiger partial charge in [-0.2, -0.15) is 5.26 Å². The zero-order chi connectivity index (χ0) is 13.9. The molecular weight excluding hydrogens is 242 g/mol.